The van der Waals surface area contributed by atoms with Gasteiger partial charge in [0.2, 0.25) is 0 Å². The summed E-state index contributed by atoms with van der Waals surface area (Å²) in [5.74, 6) is 3.43. The third-order valence-corrected chi connectivity index (χ3v) is 4.08. The molecule has 2 heteroatoms. The van der Waals surface area contributed by atoms with Gasteiger partial charge in [0.05, 0.1) is 0 Å². The summed E-state index contributed by atoms with van der Waals surface area (Å²) in [6, 6.07) is 0. The van der Waals surface area contributed by atoms with Gasteiger partial charge < -0.3 is 0 Å². The molecule has 1 heterocycles. The van der Waals surface area contributed by atoms with Crippen molar-refractivity contribution >= 4 is 10.8 Å². The van der Waals surface area contributed by atoms with Crippen molar-refractivity contribution in [3.8, 4) is 0 Å². The summed E-state index contributed by atoms with van der Waals surface area (Å²) < 4.78 is 11.0. The first kappa shape index (κ1) is 8.25. The zero-order chi connectivity index (χ0) is 7.56. The Morgan fingerprint density at radius 3 is 2.80 bits per heavy atom. The van der Waals surface area contributed by atoms with Crippen molar-refractivity contribution in [2.24, 2.45) is 11.8 Å². The number of hydrogen-bond acceptors (Lipinski definition) is 1. The van der Waals surface area contributed by atoms with E-state index in [2.05, 4.69) is 13.8 Å². The molecule has 0 spiro atoms. The molecule has 1 aliphatic heterocycles. The first-order valence-corrected chi connectivity index (χ1v) is 5.57. The van der Waals surface area contributed by atoms with Crippen molar-refractivity contribution in [2.45, 2.75) is 26.7 Å². The second kappa shape index (κ2) is 3.51. The van der Waals surface area contributed by atoms with Crippen molar-refractivity contribution in [3.05, 3.63) is 0 Å². The molecule has 0 radical (unpaired) electrons. The summed E-state index contributed by atoms with van der Waals surface area (Å²) in [5.41, 5.74) is 0. The predicted molar refractivity (Wildman–Crippen MR) is 45.4 cm³/mol. The number of hydrogen-bond donors (Lipinski definition) is 0. The Labute approximate surface area is 65.7 Å². The monoisotopic (exact) mass is 160 g/mol. The molecule has 0 saturated carbocycles. The summed E-state index contributed by atoms with van der Waals surface area (Å²) >= 11 is 0. The highest BCUT2D eigenvalue weighted by Gasteiger charge is 2.23. The minimum absolute atomic E-state index is 0.493. The lowest BCUT2D eigenvalue weighted by atomic mass is 9.90. The predicted octanol–water partition coefficient (Wildman–Crippen LogP) is 1.80. The van der Waals surface area contributed by atoms with Crippen LogP contribution in [-0.4, -0.2) is 15.7 Å². The molecular weight excluding hydrogens is 144 g/mol. The lowest BCUT2D eigenvalue weighted by Gasteiger charge is -2.26. The molecule has 0 bridgehead atoms. The van der Waals surface area contributed by atoms with Crippen molar-refractivity contribution in [3.63, 3.8) is 0 Å². The smallest absolute Gasteiger partial charge is 0.0263 e. The fourth-order valence-electron chi connectivity index (χ4n) is 1.69. The van der Waals surface area contributed by atoms with Crippen LogP contribution in [0.2, 0.25) is 0 Å². The van der Waals surface area contributed by atoms with Gasteiger partial charge in [0, 0.05) is 22.3 Å². The molecule has 1 nitrogen and oxygen atoms in total. The van der Waals surface area contributed by atoms with Crippen LogP contribution in [0, 0.1) is 11.8 Å². The fourth-order valence-corrected chi connectivity index (χ4v) is 3.28. The van der Waals surface area contributed by atoms with E-state index in [1.165, 1.54) is 12.8 Å². The largest absolute Gasteiger partial charge is 0.260 e. The van der Waals surface area contributed by atoms with Crippen molar-refractivity contribution in [1.29, 1.82) is 0 Å². The molecule has 1 rings (SSSR count). The summed E-state index contributed by atoms with van der Waals surface area (Å²) in [7, 11) is -0.493. The molecule has 3 unspecified atom stereocenters. The maximum atomic E-state index is 11.0. The highest BCUT2D eigenvalue weighted by molar-refractivity contribution is 7.85. The molecule has 1 aliphatic rings. The summed E-state index contributed by atoms with van der Waals surface area (Å²) in [6.45, 7) is 4.46. The second-order valence-corrected chi connectivity index (χ2v) is 4.87. The van der Waals surface area contributed by atoms with E-state index in [1.807, 2.05) is 0 Å². The van der Waals surface area contributed by atoms with Crippen molar-refractivity contribution in [2.75, 3.05) is 11.5 Å². The van der Waals surface area contributed by atoms with Crippen LogP contribution < -0.4 is 0 Å². The molecule has 0 aliphatic carbocycles. The quantitative estimate of drug-likeness (QED) is 0.571. The van der Waals surface area contributed by atoms with Crippen LogP contribution in [0.15, 0.2) is 0 Å². The van der Waals surface area contributed by atoms with Crippen LogP contribution in [0.5, 0.6) is 0 Å². The van der Waals surface area contributed by atoms with E-state index in [4.69, 9.17) is 0 Å². The van der Waals surface area contributed by atoms with Crippen LogP contribution in [0.25, 0.3) is 0 Å². The molecule has 0 aromatic rings. The average Bonchev–Trinajstić information content (AvgIpc) is 1.88. The van der Waals surface area contributed by atoms with Crippen LogP contribution in [0.3, 0.4) is 0 Å². The average molecular weight is 160 g/mol. The molecule has 0 aromatic heterocycles. The van der Waals surface area contributed by atoms with Crippen LogP contribution in [-0.2, 0) is 10.8 Å². The Kier molecular flexibility index (Phi) is 2.90. The molecule has 0 aromatic carbocycles. The molecule has 0 amide bonds. The van der Waals surface area contributed by atoms with Crippen molar-refractivity contribution in [1.82, 2.24) is 0 Å². The van der Waals surface area contributed by atoms with Crippen LogP contribution >= 0.6 is 0 Å². The minimum Gasteiger partial charge on any atom is -0.260 e. The summed E-state index contributed by atoms with van der Waals surface area (Å²) in [5, 5.41) is 0. The zero-order valence-electron chi connectivity index (χ0n) is 6.80. The molecule has 1 saturated heterocycles. The Hall–Kier alpha value is 0.150. The second-order valence-electron chi connectivity index (χ2n) is 3.24. The van der Waals surface area contributed by atoms with E-state index >= 15 is 0 Å². The summed E-state index contributed by atoms with van der Waals surface area (Å²) in [4.78, 5) is 0. The van der Waals surface area contributed by atoms with E-state index in [0.29, 0.717) is 5.92 Å². The maximum Gasteiger partial charge on any atom is 0.0263 e. The Balaban J connectivity index is 2.43. The normalized spacial score (nSPS) is 41.6. The zero-order valence-corrected chi connectivity index (χ0v) is 7.62. The molecule has 3 atom stereocenters. The summed E-state index contributed by atoms with van der Waals surface area (Å²) in [6.07, 6.45) is 2.45. The van der Waals surface area contributed by atoms with E-state index < -0.39 is 10.8 Å². The van der Waals surface area contributed by atoms with Gasteiger partial charge in [-0.15, -0.1) is 0 Å². The Morgan fingerprint density at radius 2 is 2.30 bits per heavy atom. The third kappa shape index (κ3) is 1.82. The highest BCUT2D eigenvalue weighted by atomic mass is 32.2. The van der Waals surface area contributed by atoms with Gasteiger partial charge in [-0.3, -0.25) is 4.21 Å². The lowest BCUT2D eigenvalue weighted by molar-refractivity contribution is 0.355. The molecular formula is C8H16OS. The standard InChI is InChI=1S/C8H16OS/c1-3-8-4-5-10(9)6-7(8)2/h7-8H,3-6H2,1-2H3. The first-order valence-electron chi connectivity index (χ1n) is 4.09. The van der Waals surface area contributed by atoms with Gasteiger partial charge in [-0.25, -0.2) is 0 Å². The van der Waals surface area contributed by atoms with Crippen LogP contribution in [0.4, 0.5) is 0 Å². The van der Waals surface area contributed by atoms with Gasteiger partial charge >= 0.3 is 0 Å². The number of rotatable bonds is 1. The van der Waals surface area contributed by atoms with E-state index in [9.17, 15) is 4.21 Å². The SMILES string of the molecule is CCC1CCS(=O)CC1C. The van der Waals surface area contributed by atoms with Gasteiger partial charge in [-0.2, -0.15) is 0 Å². The molecule has 0 N–H and O–H groups in total. The Bertz CT molecular complexity index is 133. The lowest BCUT2D eigenvalue weighted by Crippen LogP contribution is -2.26. The van der Waals surface area contributed by atoms with Gasteiger partial charge in [0.1, 0.15) is 0 Å². The van der Waals surface area contributed by atoms with Gasteiger partial charge in [-0.1, -0.05) is 20.3 Å². The van der Waals surface area contributed by atoms with Gasteiger partial charge in [0.15, 0.2) is 0 Å². The van der Waals surface area contributed by atoms with Gasteiger partial charge in [0.25, 0.3) is 0 Å². The Morgan fingerprint density at radius 1 is 1.60 bits per heavy atom. The molecule has 1 fully saturated rings. The van der Waals surface area contributed by atoms with E-state index in [-0.39, 0.29) is 0 Å². The van der Waals surface area contributed by atoms with E-state index in [0.717, 1.165) is 17.4 Å². The van der Waals surface area contributed by atoms with Gasteiger partial charge in [-0.05, 0) is 18.3 Å². The maximum absolute atomic E-state index is 11.0. The topological polar surface area (TPSA) is 17.1 Å². The third-order valence-electron chi connectivity index (χ3n) is 2.49. The first-order chi connectivity index (χ1) is 4.74. The molecule has 60 valence electrons. The van der Waals surface area contributed by atoms with Crippen molar-refractivity contribution < 1.29 is 4.21 Å². The minimum atomic E-state index is -0.493. The fraction of sp³-hybridized carbons (Fsp3) is 1.00. The molecule has 10 heavy (non-hydrogen) atoms. The van der Waals surface area contributed by atoms with Crippen LogP contribution in [0.1, 0.15) is 26.7 Å². The highest BCUT2D eigenvalue weighted by Crippen LogP contribution is 2.25. The van der Waals surface area contributed by atoms with E-state index in [1.54, 1.807) is 0 Å².